The molecule has 1 atom stereocenters. The van der Waals surface area contributed by atoms with Crippen LogP contribution in [-0.4, -0.2) is 62.9 Å². The number of likely N-dealkylation sites (tertiary alicyclic amines) is 1. The Morgan fingerprint density at radius 1 is 1.31 bits per heavy atom. The second kappa shape index (κ2) is 9.51. The van der Waals surface area contributed by atoms with Gasteiger partial charge in [-0.2, -0.15) is 0 Å². The summed E-state index contributed by atoms with van der Waals surface area (Å²) in [5.41, 5.74) is 7.28. The number of imidazole rings is 1. The predicted molar refractivity (Wildman–Crippen MR) is 120 cm³/mol. The van der Waals surface area contributed by atoms with Gasteiger partial charge in [0.05, 0.1) is 19.1 Å². The molecule has 0 spiro atoms. The third-order valence-corrected chi connectivity index (χ3v) is 6.68. The number of aromatic nitrogens is 4. The first-order valence-corrected chi connectivity index (χ1v) is 11.2. The summed E-state index contributed by atoms with van der Waals surface area (Å²) in [5.74, 6) is 2.02. The van der Waals surface area contributed by atoms with Gasteiger partial charge in [0.1, 0.15) is 17.8 Å². The van der Waals surface area contributed by atoms with Gasteiger partial charge in [-0.15, -0.1) is 0 Å². The van der Waals surface area contributed by atoms with E-state index in [2.05, 4.69) is 9.97 Å². The Morgan fingerprint density at radius 3 is 2.91 bits per heavy atom. The number of hydrogen-bond acceptors (Lipinski definition) is 8. The van der Waals surface area contributed by atoms with Crippen molar-refractivity contribution in [2.24, 2.45) is 5.92 Å². The number of aryl methyl sites for hydroxylation is 1. The van der Waals surface area contributed by atoms with Gasteiger partial charge in [-0.05, 0) is 55.1 Å². The molecule has 1 fully saturated rings. The first-order chi connectivity index (χ1) is 15.5. The molecule has 2 aromatic heterocycles. The first-order valence-electron chi connectivity index (χ1n) is 10.3. The van der Waals surface area contributed by atoms with Gasteiger partial charge in [0.25, 0.3) is 0 Å². The topological polar surface area (TPSA) is 129 Å². The number of amides is 1. The molecule has 11 heteroatoms. The molecule has 32 heavy (non-hydrogen) atoms. The molecule has 10 nitrogen and oxygen atoms in total. The number of benzene rings is 1. The maximum atomic E-state index is 11.4. The normalized spacial score (nSPS) is 16.3. The number of fused-ring (bicyclic) bond motifs is 1. The minimum absolute atomic E-state index is 0.278. The number of carboxylic acid groups (broad SMARTS) is 1. The average molecular weight is 459 g/mol. The number of nitrogens with two attached hydrogens (primary N) is 1. The molecule has 3 N–H and O–H groups in total. The van der Waals surface area contributed by atoms with Crippen molar-refractivity contribution in [3.05, 3.63) is 24.5 Å². The summed E-state index contributed by atoms with van der Waals surface area (Å²) in [4.78, 5) is 26.9. The smallest absolute Gasteiger partial charge is 0.407 e. The number of piperidine rings is 1. The van der Waals surface area contributed by atoms with Crippen LogP contribution in [0, 0.1) is 5.92 Å². The predicted octanol–water partition coefficient (Wildman–Crippen LogP) is 3.36. The van der Waals surface area contributed by atoms with Gasteiger partial charge in [0, 0.05) is 19.6 Å². The molecule has 0 saturated carbocycles. The molecule has 1 amide bonds. The fraction of sp³-hybridized carbons (Fsp3) is 0.429. The summed E-state index contributed by atoms with van der Waals surface area (Å²) in [6.45, 7) is 1.78. The zero-order valence-electron chi connectivity index (χ0n) is 18.0. The van der Waals surface area contributed by atoms with Crippen LogP contribution in [0.3, 0.4) is 0 Å². The summed E-state index contributed by atoms with van der Waals surface area (Å²) in [7, 11) is 3.24. The Hall–Kier alpha value is -3.21. The van der Waals surface area contributed by atoms with Crippen LogP contribution < -0.4 is 15.2 Å². The van der Waals surface area contributed by atoms with E-state index in [1.165, 1.54) is 23.0 Å². The highest BCUT2D eigenvalue weighted by Gasteiger charge is 2.24. The lowest BCUT2D eigenvalue weighted by Gasteiger charge is -2.30. The summed E-state index contributed by atoms with van der Waals surface area (Å²) in [6.07, 6.45) is 3.26. The zero-order chi connectivity index (χ0) is 22.7. The lowest BCUT2D eigenvalue weighted by atomic mass is 9.95. The maximum Gasteiger partial charge on any atom is 0.407 e. The molecule has 1 aromatic carbocycles. The van der Waals surface area contributed by atoms with Crippen LogP contribution >= 0.6 is 11.8 Å². The van der Waals surface area contributed by atoms with Crippen molar-refractivity contribution in [3.63, 3.8) is 0 Å². The SMILES string of the molecule is COc1ccc(OC)c(Sc2nc3c(N)ncnc3n2CCC2CCCN(C(=O)O)C2)c1. The number of nitrogen functional groups attached to an aromatic ring is 1. The van der Waals surface area contributed by atoms with Gasteiger partial charge < -0.3 is 29.8 Å². The van der Waals surface area contributed by atoms with E-state index in [1.54, 1.807) is 14.2 Å². The number of anilines is 1. The highest BCUT2D eigenvalue weighted by molar-refractivity contribution is 7.99. The van der Waals surface area contributed by atoms with Gasteiger partial charge in [0.2, 0.25) is 0 Å². The number of carbonyl (C=O) groups is 1. The lowest BCUT2D eigenvalue weighted by molar-refractivity contribution is 0.117. The monoisotopic (exact) mass is 458 g/mol. The van der Waals surface area contributed by atoms with Crippen molar-refractivity contribution in [1.82, 2.24) is 24.4 Å². The quantitative estimate of drug-likeness (QED) is 0.547. The van der Waals surface area contributed by atoms with Gasteiger partial charge in [-0.3, -0.25) is 0 Å². The van der Waals surface area contributed by atoms with E-state index < -0.39 is 6.09 Å². The van der Waals surface area contributed by atoms with E-state index in [0.29, 0.717) is 53.3 Å². The molecule has 1 saturated heterocycles. The van der Waals surface area contributed by atoms with E-state index in [-0.39, 0.29) is 5.92 Å². The minimum atomic E-state index is -0.857. The molecule has 4 rings (SSSR count). The van der Waals surface area contributed by atoms with E-state index in [4.69, 9.17) is 20.2 Å². The maximum absolute atomic E-state index is 11.4. The Morgan fingerprint density at radius 2 is 2.16 bits per heavy atom. The molecule has 1 aliphatic heterocycles. The van der Waals surface area contributed by atoms with E-state index in [0.717, 1.165) is 24.2 Å². The van der Waals surface area contributed by atoms with Gasteiger partial charge in [0.15, 0.2) is 22.1 Å². The van der Waals surface area contributed by atoms with Crippen molar-refractivity contribution in [2.45, 2.75) is 35.9 Å². The Balaban J connectivity index is 1.64. The number of nitrogens with zero attached hydrogens (tertiary/aromatic N) is 5. The zero-order valence-corrected chi connectivity index (χ0v) is 18.8. The number of rotatable bonds is 7. The van der Waals surface area contributed by atoms with Crippen LogP contribution in [0.15, 0.2) is 34.6 Å². The van der Waals surface area contributed by atoms with Gasteiger partial charge in [-0.1, -0.05) is 0 Å². The summed E-state index contributed by atoms with van der Waals surface area (Å²) >= 11 is 1.44. The van der Waals surface area contributed by atoms with Crippen LogP contribution in [0.25, 0.3) is 11.2 Å². The van der Waals surface area contributed by atoms with Crippen molar-refractivity contribution in [2.75, 3.05) is 33.0 Å². The van der Waals surface area contributed by atoms with Crippen molar-refractivity contribution in [1.29, 1.82) is 0 Å². The summed E-state index contributed by atoms with van der Waals surface area (Å²) < 4.78 is 12.9. The number of ether oxygens (including phenoxy) is 2. The third kappa shape index (κ3) is 4.52. The van der Waals surface area contributed by atoms with Crippen LogP contribution in [-0.2, 0) is 6.54 Å². The Labute approximate surface area is 189 Å². The fourth-order valence-electron chi connectivity index (χ4n) is 3.96. The standard InChI is InChI=1S/C21H26N6O4S/c1-30-14-5-6-15(31-2)16(10-14)32-20-25-17-18(22)23-12-24-19(17)27(20)9-7-13-4-3-8-26(11-13)21(28)29/h5-6,10,12-13H,3-4,7-9,11H2,1-2H3,(H,28,29)(H2,22,23,24). The molecule has 0 bridgehead atoms. The van der Waals surface area contributed by atoms with Crippen LogP contribution in [0.4, 0.5) is 10.6 Å². The lowest BCUT2D eigenvalue weighted by Crippen LogP contribution is -2.39. The summed E-state index contributed by atoms with van der Waals surface area (Å²) in [6, 6.07) is 5.59. The van der Waals surface area contributed by atoms with E-state index >= 15 is 0 Å². The third-order valence-electron chi connectivity index (χ3n) is 5.65. The van der Waals surface area contributed by atoms with Crippen molar-refractivity contribution >= 4 is 34.8 Å². The largest absolute Gasteiger partial charge is 0.497 e. The second-order valence-electron chi connectivity index (χ2n) is 7.62. The molecule has 3 aromatic rings. The first kappa shape index (κ1) is 22.0. The van der Waals surface area contributed by atoms with Crippen LogP contribution in [0.5, 0.6) is 11.5 Å². The molecule has 1 aliphatic rings. The Kier molecular flexibility index (Phi) is 6.54. The molecule has 170 valence electrons. The minimum Gasteiger partial charge on any atom is -0.497 e. The van der Waals surface area contributed by atoms with E-state index in [9.17, 15) is 9.90 Å². The molecule has 3 heterocycles. The molecular formula is C21H26N6O4S. The number of methoxy groups -OCH3 is 2. The molecule has 0 radical (unpaired) electrons. The fourth-order valence-corrected chi connectivity index (χ4v) is 5.01. The highest BCUT2D eigenvalue weighted by Crippen LogP contribution is 2.38. The van der Waals surface area contributed by atoms with Gasteiger partial charge in [-0.25, -0.2) is 19.7 Å². The average Bonchev–Trinajstić information content (AvgIpc) is 3.16. The van der Waals surface area contributed by atoms with Gasteiger partial charge >= 0.3 is 6.09 Å². The molecule has 0 aliphatic carbocycles. The van der Waals surface area contributed by atoms with Crippen molar-refractivity contribution in [3.8, 4) is 11.5 Å². The van der Waals surface area contributed by atoms with Crippen molar-refractivity contribution < 1.29 is 19.4 Å². The second-order valence-corrected chi connectivity index (χ2v) is 8.63. The molecule has 1 unspecified atom stereocenters. The molecular weight excluding hydrogens is 432 g/mol. The summed E-state index contributed by atoms with van der Waals surface area (Å²) in [5, 5.41) is 10.0. The highest BCUT2D eigenvalue weighted by atomic mass is 32.2. The van der Waals surface area contributed by atoms with Crippen LogP contribution in [0.1, 0.15) is 19.3 Å². The number of hydrogen-bond donors (Lipinski definition) is 2. The van der Waals surface area contributed by atoms with Crippen LogP contribution in [0.2, 0.25) is 0 Å². The Bertz CT molecular complexity index is 1120. The van der Waals surface area contributed by atoms with E-state index in [1.807, 2.05) is 22.8 Å².